The summed E-state index contributed by atoms with van der Waals surface area (Å²) >= 11 is 3.30. The number of rotatable bonds is 4. The molecule has 1 aromatic rings. The number of halogens is 1. The van der Waals surface area contributed by atoms with Gasteiger partial charge in [-0.3, -0.25) is 0 Å². The smallest absolute Gasteiger partial charge is 0.177 e. The molecule has 0 bridgehead atoms. The fourth-order valence-electron chi connectivity index (χ4n) is 1.35. The molecule has 0 N–H and O–H groups in total. The molecule has 0 fully saturated rings. The lowest BCUT2D eigenvalue weighted by atomic mass is 10.4. The van der Waals surface area contributed by atoms with E-state index in [9.17, 15) is 8.42 Å². The number of nitrogens with zero attached hydrogens (tertiary/aromatic N) is 2. The molecule has 0 saturated carbocycles. The van der Waals surface area contributed by atoms with Crippen molar-refractivity contribution in [2.75, 3.05) is 5.75 Å². The monoisotopic (exact) mass is 294 g/mol. The van der Waals surface area contributed by atoms with Crippen LogP contribution in [0.25, 0.3) is 0 Å². The van der Waals surface area contributed by atoms with Gasteiger partial charge in [0, 0.05) is 11.8 Å². The Labute approximate surface area is 98.8 Å². The molecule has 0 saturated heterocycles. The van der Waals surface area contributed by atoms with Crippen LogP contribution < -0.4 is 0 Å². The van der Waals surface area contributed by atoms with Gasteiger partial charge >= 0.3 is 0 Å². The summed E-state index contributed by atoms with van der Waals surface area (Å²) in [5.74, 6) is 0.216. The third kappa shape index (κ3) is 3.04. The molecular formula is C9H15BrN2O2S. The Kier molecular flexibility index (Phi) is 3.94. The van der Waals surface area contributed by atoms with E-state index in [1.54, 1.807) is 13.1 Å². The van der Waals surface area contributed by atoms with Crippen molar-refractivity contribution < 1.29 is 8.42 Å². The average molecular weight is 295 g/mol. The van der Waals surface area contributed by atoms with Crippen molar-refractivity contribution in [1.29, 1.82) is 0 Å². The van der Waals surface area contributed by atoms with E-state index in [1.165, 1.54) is 0 Å². The van der Waals surface area contributed by atoms with Gasteiger partial charge in [0.2, 0.25) is 0 Å². The summed E-state index contributed by atoms with van der Waals surface area (Å²) in [4.78, 5) is 4.07. The van der Waals surface area contributed by atoms with Crippen LogP contribution in [0.4, 0.5) is 0 Å². The second-order valence-electron chi connectivity index (χ2n) is 3.66. The number of imidazole rings is 1. The van der Waals surface area contributed by atoms with Crippen LogP contribution in [0.2, 0.25) is 0 Å². The van der Waals surface area contributed by atoms with Crippen LogP contribution in [0.5, 0.6) is 0 Å². The van der Waals surface area contributed by atoms with Gasteiger partial charge in [0.05, 0.1) is 17.6 Å². The topological polar surface area (TPSA) is 52.0 Å². The van der Waals surface area contributed by atoms with Crippen molar-refractivity contribution in [3.8, 4) is 0 Å². The second kappa shape index (κ2) is 4.65. The summed E-state index contributed by atoms with van der Waals surface area (Å²) in [6.45, 7) is 5.64. The van der Waals surface area contributed by atoms with Gasteiger partial charge in [-0.1, -0.05) is 6.92 Å². The fraction of sp³-hybridized carbons (Fsp3) is 0.667. The molecule has 0 atom stereocenters. The Balaban J connectivity index is 3.06. The molecule has 4 nitrogen and oxygen atoms in total. The van der Waals surface area contributed by atoms with E-state index < -0.39 is 9.84 Å². The summed E-state index contributed by atoms with van der Waals surface area (Å²) in [5, 5.41) is 0. The fourth-order valence-corrected chi connectivity index (χ4v) is 2.96. The van der Waals surface area contributed by atoms with Gasteiger partial charge in [-0.25, -0.2) is 13.4 Å². The predicted molar refractivity (Wildman–Crippen MR) is 63.5 cm³/mol. The first kappa shape index (κ1) is 12.7. The highest BCUT2D eigenvalue weighted by molar-refractivity contribution is 9.10. The second-order valence-corrected chi connectivity index (χ2v) is 6.72. The van der Waals surface area contributed by atoms with Crippen molar-refractivity contribution in [3.05, 3.63) is 16.6 Å². The third-order valence-corrected chi connectivity index (χ3v) is 4.35. The summed E-state index contributed by atoms with van der Waals surface area (Å²) in [7, 11) is -3.00. The highest BCUT2D eigenvalue weighted by atomic mass is 79.9. The lowest BCUT2D eigenvalue weighted by Crippen LogP contribution is -2.12. The molecule has 0 aromatic carbocycles. The molecule has 6 heteroatoms. The minimum atomic E-state index is -3.00. The molecule has 15 heavy (non-hydrogen) atoms. The Morgan fingerprint density at radius 2 is 2.13 bits per heavy atom. The highest BCUT2D eigenvalue weighted by Gasteiger charge is 2.16. The van der Waals surface area contributed by atoms with E-state index in [0.29, 0.717) is 4.73 Å². The SMILES string of the molecule is CCS(=O)(=O)Cc1cnc(Br)n1C(C)C. The van der Waals surface area contributed by atoms with Gasteiger partial charge in [0.1, 0.15) is 0 Å². The van der Waals surface area contributed by atoms with Crippen LogP contribution in [-0.2, 0) is 15.6 Å². The zero-order chi connectivity index (χ0) is 11.6. The van der Waals surface area contributed by atoms with Gasteiger partial charge in [0.25, 0.3) is 0 Å². The number of hydrogen-bond donors (Lipinski definition) is 0. The van der Waals surface area contributed by atoms with Crippen LogP contribution in [0.3, 0.4) is 0 Å². The summed E-state index contributed by atoms with van der Waals surface area (Å²) in [5.41, 5.74) is 0.735. The maximum absolute atomic E-state index is 11.5. The van der Waals surface area contributed by atoms with Crippen LogP contribution in [-0.4, -0.2) is 23.7 Å². The molecule has 0 amide bonds. The molecule has 0 aliphatic carbocycles. The van der Waals surface area contributed by atoms with E-state index >= 15 is 0 Å². The van der Waals surface area contributed by atoms with Crippen LogP contribution in [0.1, 0.15) is 32.5 Å². The lowest BCUT2D eigenvalue weighted by Gasteiger charge is -2.12. The highest BCUT2D eigenvalue weighted by Crippen LogP contribution is 2.20. The molecule has 0 aliphatic rings. The minimum absolute atomic E-state index is 0.0558. The number of hydrogen-bond acceptors (Lipinski definition) is 3. The molecule has 0 unspecified atom stereocenters. The Morgan fingerprint density at radius 1 is 1.53 bits per heavy atom. The maximum Gasteiger partial charge on any atom is 0.177 e. The first-order chi connectivity index (χ1) is 6.87. The van der Waals surface area contributed by atoms with Crippen LogP contribution >= 0.6 is 15.9 Å². The van der Waals surface area contributed by atoms with Crippen molar-refractivity contribution in [1.82, 2.24) is 9.55 Å². The van der Waals surface area contributed by atoms with Gasteiger partial charge in [0.15, 0.2) is 14.6 Å². The molecule has 0 radical (unpaired) electrons. The van der Waals surface area contributed by atoms with Gasteiger partial charge < -0.3 is 4.57 Å². The first-order valence-electron chi connectivity index (χ1n) is 4.79. The van der Waals surface area contributed by atoms with E-state index in [2.05, 4.69) is 20.9 Å². The Bertz CT molecular complexity index is 437. The molecular weight excluding hydrogens is 280 g/mol. The van der Waals surface area contributed by atoms with Gasteiger partial charge in [-0.2, -0.15) is 0 Å². The van der Waals surface area contributed by atoms with E-state index in [0.717, 1.165) is 5.69 Å². The molecule has 1 heterocycles. The largest absolute Gasteiger partial charge is 0.319 e. The molecule has 1 aromatic heterocycles. The van der Waals surface area contributed by atoms with Crippen molar-refractivity contribution >= 4 is 25.8 Å². The standard InChI is InChI=1S/C9H15BrN2O2S/c1-4-15(13,14)6-8-5-11-9(10)12(8)7(2)3/h5,7H,4,6H2,1-3H3. The zero-order valence-corrected chi connectivity index (χ0v) is 11.5. The first-order valence-corrected chi connectivity index (χ1v) is 7.41. The van der Waals surface area contributed by atoms with Crippen molar-refractivity contribution in [2.24, 2.45) is 0 Å². The normalized spacial score (nSPS) is 12.3. The minimum Gasteiger partial charge on any atom is -0.319 e. The van der Waals surface area contributed by atoms with E-state index in [-0.39, 0.29) is 17.5 Å². The third-order valence-electron chi connectivity index (χ3n) is 2.15. The number of sulfone groups is 1. The van der Waals surface area contributed by atoms with Gasteiger partial charge in [-0.05, 0) is 29.8 Å². The Hall–Kier alpha value is -0.360. The van der Waals surface area contributed by atoms with E-state index in [4.69, 9.17) is 0 Å². The predicted octanol–water partition coefficient (Wildman–Crippen LogP) is 2.16. The molecule has 0 aliphatic heterocycles. The zero-order valence-electron chi connectivity index (χ0n) is 9.07. The van der Waals surface area contributed by atoms with Gasteiger partial charge in [-0.15, -0.1) is 0 Å². The van der Waals surface area contributed by atoms with Crippen molar-refractivity contribution in [3.63, 3.8) is 0 Å². The van der Waals surface area contributed by atoms with E-state index in [1.807, 2.05) is 18.4 Å². The van der Waals surface area contributed by atoms with Crippen LogP contribution in [0.15, 0.2) is 10.9 Å². The molecule has 86 valence electrons. The quantitative estimate of drug-likeness (QED) is 0.855. The molecule has 1 rings (SSSR count). The average Bonchev–Trinajstić information content (AvgIpc) is 2.46. The molecule has 0 spiro atoms. The number of aromatic nitrogens is 2. The summed E-state index contributed by atoms with van der Waals surface area (Å²) in [6.07, 6.45) is 1.61. The van der Waals surface area contributed by atoms with Crippen LogP contribution in [0, 0.1) is 0 Å². The lowest BCUT2D eigenvalue weighted by molar-refractivity contribution is 0.562. The summed E-state index contributed by atoms with van der Waals surface area (Å²) in [6, 6.07) is 0.198. The van der Waals surface area contributed by atoms with Crippen molar-refractivity contribution in [2.45, 2.75) is 32.6 Å². The Morgan fingerprint density at radius 3 is 2.60 bits per heavy atom. The summed E-state index contributed by atoms with van der Waals surface area (Å²) < 4.78 is 25.6. The maximum atomic E-state index is 11.5.